The molecule has 0 radical (unpaired) electrons. The molecule has 0 unspecified atom stereocenters. The van der Waals surface area contributed by atoms with Crippen molar-refractivity contribution >= 4 is 23.5 Å². The van der Waals surface area contributed by atoms with Crippen LogP contribution in [0.25, 0.3) is 0 Å². The van der Waals surface area contributed by atoms with Gasteiger partial charge in [0.2, 0.25) is 15.9 Å². The van der Waals surface area contributed by atoms with Gasteiger partial charge in [-0.15, -0.1) is 0 Å². The Hall–Kier alpha value is -0.470. The number of hydrogen-bond donors (Lipinski definition) is 4. The van der Waals surface area contributed by atoms with E-state index in [0.29, 0.717) is 0 Å². The summed E-state index contributed by atoms with van der Waals surface area (Å²) in [5.41, 5.74) is 0. The van der Waals surface area contributed by atoms with Gasteiger partial charge in [-0.2, -0.15) is 0 Å². The van der Waals surface area contributed by atoms with Gasteiger partial charge in [-0.25, -0.2) is 8.42 Å². The summed E-state index contributed by atoms with van der Waals surface area (Å²) in [7, 11) is -7.84. The highest BCUT2D eigenvalue weighted by Gasteiger charge is 2.15. The van der Waals surface area contributed by atoms with Crippen molar-refractivity contribution in [2.45, 2.75) is 6.92 Å². The summed E-state index contributed by atoms with van der Waals surface area (Å²) < 4.78 is 33.8. The predicted octanol–water partition coefficient (Wildman–Crippen LogP) is -1.82. The molecular weight excluding hydrogens is 247 g/mol. The van der Waals surface area contributed by atoms with Crippen LogP contribution in [0.4, 0.5) is 0 Å². The van der Waals surface area contributed by atoms with Crippen molar-refractivity contribution in [1.82, 2.24) is 10.0 Å². The molecule has 10 heteroatoms. The zero-order chi connectivity index (χ0) is 12.1. The van der Waals surface area contributed by atoms with Gasteiger partial charge in [0.1, 0.15) is 0 Å². The third kappa shape index (κ3) is 8.52. The first-order valence-corrected chi connectivity index (χ1v) is 7.40. The van der Waals surface area contributed by atoms with E-state index in [1.807, 2.05) is 0 Å². The predicted molar refractivity (Wildman–Crippen MR) is 52.5 cm³/mol. The van der Waals surface area contributed by atoms with Crippen molar-refractivity contribution in [2.24, 2.45) is 0 Å². The second-order valence-electron chi connectivity index (χ2n) is 2.68. The number of carbonyl (C=O) groups excluding carboxylic acids is 1. The van der Waals surface area contributed by atoms with Crippen LogP contribution in [0.3, 0.4) is 0 Å². The van der Waals surface area contributed by atoms with E-state index >= 15 is 0 Å². The fourth-order valence-electron chi connectivity index (χ4n) is 0.597. The maximum atomic E-state index is 10.9. The summed E-state index contributed by atoms with van der Waals surface area (Å²) in [6.45, 7) is 0.892. The fourth-order valence-corrected chi connectivity index (χ4v) is 1.56. The zero-order valence-electron chi connectivity index (χ0n) is 8.00. The number of sulfonamides is 1. The summed E-state index contributed by atoms with van der Waals surface area (Å²) in [5.74, 6) is -1.10. The average Bonchev–Trinajstić information content (AvgIpc) is 2.00. The van der Waals surface area contributed by atoms with Gasteiger partial charge in [-0.05, 0) is 6.92 Å². The van der Waals surface area contributed by atoms with Crippen LogP contribution >= 0.6 is 7.60 Å². The maximum Gasteiger partial charge on any atom is 0.339 e. The summed E-state index contributed by atoms with van der Waals surface area (Å²) in [4.78, 5) is 27.7. The Bertz CT molecular complexity index is 360. The number of carbonyl (C=O) groups is 1. The molecule has 0 aliphatic rings. The molecular formula is C5H13N2O6PS. The quantitative estimate of drug-likeness (QED) is 0.413. The summed E-state index contributed by atoms with van der Waals surface area (Å²) in [5, 5.41) is 2.13. The topological polar surface area (TPSA) is 133 Å². The first-order chi connectivity index (χ1) is 6.66. The molecule has 0 aromatic carbocycles. The molecule has 0 atom stereocenters. The van der Waals surface area contributed by atoms with Gasteiger partial charge in [0.25, 0.3) is 0 Å². The molecule has 8 nitrogen and oxygen atoms in total. The highest BCUT2D eigenvalue weighted by Crippen LogP contribution is 2.31. The average molecular weight is 260 g/mol. The molecule has 0 aromatic rings. The van der Waals surface area contributed by atoms with Crippen LogP contribution in [0.1, 0.15) is 6.92 Å². The van der Waals surface area contributed by atoms with Crippen LogP contribution in [0.2, 0.25) is 0 Å². The molecule has 0 saturated carbocycles. The van der Waals surface area contributed by atoms with Gasteiger partial charge >= 0.3 is 7.60 Å². The van der Waals surface area contributed by atoms with Gasteiger partial charge in [-0.3, -0.25) is 19.4 Å². The SMILES string of the molecule is CCS(=O)(=O)NC(=O)CNCP(=O)(O)O. The largest absolute Gasteiger partial charge is 0.339 e. The molecule has 0 aliphatic carbocycles. The Morgan fingerprint density at radius 3 is 2.33 bits per heavy atom. The van der Waals surface area contributed by atoms with E-state index in [-0.39, 0.29) is 5.75 Å². The van der Waals surface area contributed by atoms with Crippen LogP contribution in [0, 0.1) is 0 Å². The smallest absolute Gasteiger partial charge is 0.324 e. The van der Waals surface area contributed by atoms with Crippen LogP contribution in [-0.2, 0) is 19.4 Å². The van der Waals surface area contributed by atoms with Crippen molar-refractivity contribution < 1.29 is 27.6 Å². The zero-order valence-corrected chi connectivity index (χ0v) is 9.72. The Kier molecular flexibility index (Phi) is 5.39. The molecule has 15 heavy (non-hydrogen) atoms. The van der Waals surface area contributed by atoms with Gasteiger partial charge in [0.15, 0.2) is 0 Å². The summed E-state index contributed by atoms with van der Waals surface area (Å²) in [6, 6.07) is 0. The molecule has 0 rings (SSSR count). The lowest BCUT2D eigenvalue weighted by Crippen LogP contribution is -2.38. The van der Waals surface area contributed by atoms with E-state index in [2.05, 4.69) is 5.32 Å². The molecule has 0 aliphatic heterocycles. The normalized spacial score (nSPS) is 12.5. The lowest BCUT2D eigenvalue weighted by Gasteiger charge is -2.06. The first-order valence-electron chi connectivity index (χ1n) is 3.95. The van der Waals surface area contributed by atoms with Crippen molar-refractivity contribution in [3.8, 4) is 0 Å². The van der Waals surface area contributed by atoms with Crippen LogP contribution in [0.5, 0.6) is 0 Å². The summed E-state index contributed by atoms with van der Waals surface area (Å²) in [6.07, 6.45) is -0.674. The third-order valence-electron chi connectivity index (χ3n) is 1.25. The van der Waals surface area contributed by atoms with Gasteiger partial charge in [-0.1, -0.05) is 0 Å². The Morgan fingerprint density at radius 1 is 1.40 bits per heavy atom. The van der Waals surface area contributed by atoms with Gasteiger partial charge in [0.05, 0.1) is 18.6 Å². The van der Waals surface area contributed by atoms with E-state index in [4.69, 9.17) is 9.79 Å². The molecule has 4 N–H and O–H groups in total. The van der Waals surface area contributed by atoms with Crippen molar-refractivity contribution in [3.05, 3.63) is 0 Å². The van der Waals surface area contributed by atoms with Gasteiger partial charge < -0.3 is 9.79 Å². The highest BCUT2D eigenvalue weighted by atomic mass is 32.2. The van der Waals surface area contributed by atoms with E-state index in [0.717, 1.165) is 0 Å². The number of amides is 1. The standard InChI is InChI=1S/C5H13N2O6PS/c1-2-15(12,13)7-5(8)3-6-4-14(9,10)11/h6H,2-4H2,1H3,(H,7,8)(H2,9,10,11). The van der Waals surface area contributed by atoms with Crippen molar-refractivity contribution in [3.63, 3.8) is 0 Å². The lowest BCUT2D eigenvalue weighted by molar-refractivity contribution is -0.118. The maximum absolute atomic E-state index is 10.9. The number of nitrogens with one attached hydrogen (secondary N) is 2. The van der Waals surface area contributed by atoms with E-state index in [9.17, 15) is 17.8 Å². The molecule has 1 amide bonds. The van der Waals surface area contributed by atoms with Crippen molar-refractivity contribution in [2.75, 3.05) is 18.6 Å². The van der Waals surface area contributed by atoms with Crippen LogP contribution in [0.15, 0.2) is 0 Å². The second-order valence-corrected chi connectivity index (χ2v) is 6.33. The molecule has 90 valence electrons. The minimum absolute atomic E-state index is 0.239. The summed E-state index contributed by atoms with van der Waals surface area (Å²) >= 11 is 0. The minimum atomic E-state index is -4.22. The van der Waals surface area contributed by atoms with E-state index < -0.39 is 36.4 Å². The minimum Gasteiger partial charge on any atom is -0.324 e. The van der Waals surface area contributed by atoms with Crippen molar-refractivity contribution in [1.29, 1.82) is 0 Å². The lowest BCUT2D eigenvalue weighted by atomic mass is 10.6. The highest BCUT2D eigenvalue weighted by molar-refractivity contribution is 7.90. The molecule has 0 heterocycles. The van der Waals surface area contributed by atoms with Gasteiger partial charge in [0, 0.05) is 0 Å². The fraction of sp³-hybridized carbons (Fsp3) is 0.800. The first kappa shape index (κ1) is 14.5. The monoisotopic (exact) mass is 260 g/mol. The molecule has 0 fully saturated rings. The second kappa shape index (κ2) is 5.57. The molecule has 0 saturated heterocycles. The Labute approximate surface area is 87.3 Å². The molecule has 0 spiro atoms. The van der Waals surface area contributed by atoms with Crippen LogP contribution in [-0.4, -0.2) is 42.7 Å². The third-order valence-corrected chi connectivity index (χ3v) is 3.19. The molecule has 0 aromatic heterocycles. The van der Waals surface area contributed by atoms with E-state index in [1.165, 1.54) is 6.92 Å². The Balaban J connectivity index is 3.93. The number of rotatable bonds is 6. The molecule has 0 bridgehead atoms. The van der Waals surface area contributed by atoms with E-state index in [1.54, 1.807) is 4.72 Å². The Morgan fingerprint density at radius 2 is 1.93 bits per heavy atom. The van der Waals surface area contributed by atoms with Crippen LogP contribution < -0.4 is 10.0 Å². The number of hydrogen-bond acceptors (Lipinski definition) is 5.